The Morgan fingerprint density at radius 2 is 1.24 bits per heavy atom. The zero-order valence-electron chi connectivity index (χ0n) is 37.6. The number of imidazole rings is 2. The maximum atomic E-state index is 12.9. The molecule has 0 aliphatic heterocycles. The number of aryl methyl sites for hydroxylation is 4. The molecule has 2 aliphatic carbocycles. The lowest BCUT2D eigenvalue weighted by Gasteiger charge is -2.39. The Bertz CT molecular complexity index is 2770. The average molecular weight is 977 g/mol. The minimum absolute atomic E-state index is 0. The number of benzene rings is 2. The number of aliphatic carboxylic acids is 1. The van der Waals surface area contributed by atoms with Crippen LogP contribution in [-0.2, 0) is 33.6 Å². The molecule has 17 nitrogen and oxygen atoms in total. The van der Waals surface area contributed by atoms with Crippen LogP contribution in [-0.4, -0.2) is 80.9 Å². The fourth-order valence-corrected chi connectivity index (χ4v) is 8.58. The highest BCUT2D eigenvalue weighted by Gasteiger charge is 2.45. The van der Waals surface area contributed by atoms with E-state index in [1.54, 1.807) is 27.2 Å². The molecular formula is C48H66BrN9O8. The molecule has 2 aliphatic rings. The summed E-state index contributed by atoms with van der Waals surface area (Å²) in [5.74, 6) is 2.76. The van der Waals surface area contributed by atoms with Crippen molar-refractivity contribution in [2.45, 2.75) is 131 Å². The lowest BCUT2D eigenvalue weighted by Crippen LogP contribution is -2.40. The van der Waals surface area contributed by atoms with E-state index in [-0.39, 0.29) is 31.9 Å². The van der Waals surface area contributed by atoms with E-state index in [4.69, 9.17) is 30.1 Å². The number of nitrogens with zero attached hydrogens (tertiary/aromatic N) is 6. The van der Waals surface area contributed by atoms with Crippen molar-refractivity contribution in [2.75, 3.05) is 26.1 Å². The second-order valence-corrected chi connectivity index (χ2v) is 17.7. The fraction of sp³-hybridized carbons (Fsp3) is 0.500. The van der Waals surface area contributed by atoms with Crippen LogP contribution in [0.5, 0.6) is 11.5 Å². The van der Waals surface area contributed by atoms with E-state index in [0.29, 0.717) is 82.0 Å². The molecule has 2 fully saturated rings. The third-order valence-electron chi connectivity index (χ3n) is 11.6. The Balaban J connectivity index is 0.000000247. The minimum atomic E-state index is -0.719. The molecule has 2 saturated carbocycles. The number of aromatic nitrogens is 8. The summed E-state index contributed by atoms with van der Waals surface area (Å²) in [6, 6.07) is 11.1. The Kier molecular flexibility index (Phi) is 17.9. The first kappa shape index (κ1) is 52.6. The van der Waals surface area contributed by atoms with Gasteiger partial charge in [-0.1, -0.05) is 57.1 Å². The molecule has 66 heavy (non-hydrogen) atoms. The summed E-state index contributed by atoms with van der Waals surface area (Å²) >= 11 is 3.13. The monoisotopic (exact) mass is 975 g/mol. The molecule has 0 unspecified atom stereocenters. The van der Waals surface area contributed by atoms with Gasteiger partial charge in [0.15, 0.2) is 22.7 Å². The van der Waals surface area contributed by atoms with Gasteiger partial charge < -0.3 is 35.0 Å². The van der Waals surface area contributed by atoms with Crippen LogP contribution in [0.25, 0.3) is 33.8 Å². The number of nitrogens with one attached hydrogen (secondary N) is 2. The maximum Gasteiger partial charge on any atom is 0.320 e. The maximum absolute atomic E-state index is 12.9. The highest BCUT2D eigenvalue weighted by molar-refractivity contribution is 9.10. The molecule has 0 bridgehead atoms. The molecule has 0 radical (unpaired) electrons. The van der Waals surface area contributed by atoms with Gasteiger partial charge in [-0.05, 0) is 115 Å². The van der Waals surface area contributed by atoms with Crippen molar-refractivity contribution in [3.05, 3.63) is 85.7 Å². The normalized spacial score (nSPS) is 14.2. The molecule has 0 atom stereocenters. The zero-order chi connectivity index (χ0) is 46.3. The van der Waals surface area contributed by atoms with Crippen molar-refractivity contribution < 1.29 is 28.9 Å². The van der Waals surface area contributed by atoms with Gasteiger partial charge in [0.1, 0.15) is 27.5 Å². The number of hydrogen-bond acceptors (Lipinski definition) is 12. The van der Waals surface area contributed by atoms with Gasteiger partial charge in [0.25, 0.3) is 11.1 Å². The average Bonchev–Trinajstić information content (AvgIpc) is 3.74. The third kappa shape index (κ3) is 11.0. The van der Waals surface area contributed by atoms with Gasteiger partial charge in [-0.3, -0.25) is 19.2 Å². The van der Waals surface area contributed by atoms with E-state index in [2.05, 4.69) is 54.8 Å². The largest absolute Gasteiger partial charge is 0.493 e. The molecule has 358 valence electrons. The fourth-order valence-electron chi connectivity index (χ4n) is 8.02. The number of methoxy groups -OCH3 is 1. The minimum Gasteiger partial charge on any atom is -0.493 e. The second kappa shape index (κ2) is 22.4. The predicted molar refractivity (Wildman–Crippen MR) is 261 cm³/mol. The van der Waals surface area contributed by atoms with Gasteiger partial charge in [-0.2, -0.15) is 0 Å². The number of carboxylic acids is 1. The number of aromatic amines is 2. The molecular weight excluding hydrogens is 910 g/mol. The Hall–Kier alpha value is -6.04. The van der Waals surface area contributed by atoms with Gasteiger partial charge in [-0.15, -0.1) is 10.2 Å². The number of carboxylic acid groups (broad SMARTS) is 1. The van der Waals surface area contributed by atoms with Crippen LogP contribution in [0.4, 0.5) is 5.69 Å². The van der Waals surface area contributed by atoms with Crippen molar-refractivity contribution in [1.82, 2.24) is 39.2 Å². The summed E-state index contributed by atoms with van der Waals surface area (Å²) in [7, 11) is 1.44. The number of ether oxygens (including phenoxy) is 3. The van der Waals surface area contributed by atoms with Gasteiger partial charge in [-0.25, -0.2) is 19.0 Å². The number of hydrogen-bond donors (Lipinski definition) is 4. The molecule has 6 aromatic rings. The molecule has 0 saturated heterocycles. The van der Waals surface area contributed by atoms with Crippen LogP contribution in [0.3, 0.4) is 0 Å². The van der Waals surface area contributed by atoms with Crippen molar-refractivity contribution in [2.24, 2.45) is 5.41 Å². The van der Waals surface area contributed by atoms with E-state index >= 15 is 0 Å². The van der Waals surface area contributed by atoms with Gasteiger partial charge in [0, 0.05) is 18.5 Å². The summed E-state index contributed by atoms with van der Waals surface area (Å²) in [6.45, 7) is 12.6. The SMILES string of the molecule is C.C.CCCc1nc(C)c2c(=O)[nH]c(-c3cc(CC4(C(=O)OC)CCC4)ccc3OCC)nn12.CCCc1nc(C)c2c(=O)[nH]c(-c3cc(N)ccc3OCC)nn12.O=C(O)C1(Br)CCC1. The van der Waals surface area contributed by atoms with Crippen LogP contribution in [0, 0.1) is 19.3 Å². The predicted octanol–water partition coefficient (Wildman–Crippen LogP) is 8.62. The Morgan fingerprint density at radius 1 is 0.773 bits per heavy atom. The van der Waals surface area contributed by atoms with Crippen LogP contribution in [0.15, 0.2) is 46.0 Å². The summed E-state index contributed by atoms with van der Waals surface area (Å²) < 4.78 is 19.3. The number of halogens is 1. The molecule has 5 N–H and O–H groups in total. The first-order chi connectivity index (χ1) is 30.6. The van der Waals surface area contributed by atoms with Crippen LogP contribution < -0.4 is 26.3 Å². The van der Waals surface area contributed by atoms with E-state index in [0.717, 1.165) is 81.4 Å². The highest BCUT2D eigenvalue weighted by atomic mass is 79.9. The first-order valence-corrected chi connectivity index (χ1v) is 22.7. The van der Waals surface area contributed by atoms with E-state index in [1.165, 1.54) is 7.11 Å². The number of alkyl halides is 1. The number of nitrogen functional groups attached to an aromatic ring is 1. The summed E-state index contributed by atoms with van der Waals surface area (Å²) in [4.78, 5) is 62.9. The topological polar surface area (TPSA) is 234 Å². The number of H-pyrrole nitrogens is 2. The van der Waals surface area contributed by atoms with Crippen molar-refractivity contribution >= 4 is 44.6 Å². The zero-order valence-corrected chi connectivity index (χ0v) is 39.2. The Morgan fingerprint density at radius 3 is 1.62 bits per heavy atom. The van der Waals surface area contributed by atoms with E-state index < -0.39 is 15.7 Å². The van der Waals surface area contributed by atoms with Crippen molar-refractivity contribution in [3.8, 4) is 34.3 Å². The number of carbonyl (C=O) groups excluding carboxylic acids is 1. The smallest absolute Gasteiger partial charge is 0.320 e. The first-order valence-electron chi connectivity index (χ1n) is 21.9. The lowest BCUT2D eigenvalue weighted by atomic mass is 9.65. The van der Waals surface area contributed by atoms with E-state index in [9.17, 15) is 19.2 Å². The highest BCUT2D eigenvalue weighted by Crippen LogP contribution is 2.45. The summed E-state index contributed by atoms with van der Waals surface area (Å²) in [5, 5.41) is 17.8. The Labute approximate surface area is 394 Å². The van der Waals surface area contributed by atoms with E-state index in [1.807, 2.05) is 45.9 Å². The lowest BCUT2D eigenvalue weighted by molar-refractivity contribution is -0.158. The number of fused-ring (bicyclic) bond motifs is 2. The van der Waals surface area contributed by atoms with Crippen LogP contribution >= 0.6 is 15.9 Å². The van der Waals surface area contributed by atoms with Crippen molar-refractivity contribution in [1.29, 1.82) is 0 Å². The molecule has 0 spiro atoms. The van der Waals surface area contributed by atoms with Crippen molar-refractivity contribution in [3.63, 3.8) is 0 Å². The number of anilines is 1. The standard InChI is InChI=1S/C24H30N4O4.C17H21N5O2.C5H7BrO2.2CH4/c1-5-8-19-25-15(3)20-22(29)26-21(27-28(19)20)17-13-16(9-10-18(17)32-6-2)14-24(11-7-12-24)23(30)31-4;1-4-6-14-19-10(3)15-17(23)20-16(21-22(14)15)12-9-11(18)7-8-13(12)24-5-2;6-5(4(7)8)2-1-3-5;;/h9-10,13H,5-8,11-12,14H2,1-4H3,(H,26,27,29);7-9H,4-6,18H2,1-3H3,(H,20,21,23);1-3H2,(H,7,8);2*1H4. The summed E-state index contributed by atoms with van der Waals surface area (Å²) in [6.07, 6.45) is 9.13. The summed E-state index contributed by atoms with van der Waals surface area (Å²) in [5.41, 5.74) is 10.1. The number of nitrogens with two attached hydrogens (primary N) is 1. The number of carbonyl (C=O) groups is 2. The van der Waals surface area contributed by atoms with Gasteiger partial charge in [0.05, 0.1) is 48.3 Å². The second-order valence-electron chi connectivity index (χ2n) is 16.2. The molecule has 0 amide bonds. The molecule has 4 aromatic heterocycles. The quantitative estimate of drug-likeness (QED) is 0.0455. The van der Waals surface area contributed by atoms with Crippen LogP contribution in [0.1, 0.15) is 123 Å². The molecule has 8 rings (SSSR count). The number of esters is 1. The number of rotatable bonds is 14. The van der Waals surface area contributed by atoms with Gasteiger partial charge >= 0.3 is 11.9 Å². The van der Waals surface area contributed by atoms with Gasteiger partial charge in [0.2, 0.25) is 0 Å². The third-order valence-corrected chi connectivity index (χ3v) is 12.7. The molecule has 2 aromatic carbocycles. The van der Waals surface area contributed by atoms with Crippen LogP contribution in [0.2, 0.25) is 0 Å². The molecule has 4 heterocycles. The molecule has 18 heteroatoms.